The van der Waals surface area contributed by atoms with Crippen LogP contribution in [0.4, 0.5) is 14.8 Å². The normalized spacial score (nSPS) is 17.0. The van der Waals surface area contributed by atoms with Crippen molar-refractivity contribution in [3.8, 4) is 0 Å². The Morgan fingerprint density at radius 3 is 2.07 bits per heavy atom. The van der Waals surface area contributed by atoms with Gasteiger partial charge in [-0.2, -0.15) is 0 Å². The van der Waals surface area contributed by atoms with Crippen LogP contribution in [0.2, 0.25) is 0 Å². The van der Waals surface area contributed by atoms with Crippen molar-refractivity contribution in [1.29, 1.82) is 0 Å². The van der Waals surface area contributed by atoms with Gasteiger partial charge in [-0.05, 0) is 65.2 Å². The zero-order valence-corrected chi connectivity index (χ0v) is 19.6. The number of anilines is 1. The maximum Gasteiger partial charge on any atom is 0.119 e. The van der Waals surface area contributed by atoms with Gasteiger partial charge in [-0.3, -0.25) is 4.70 Å². The van der Waals surface area contributed by atoms with Gasteiger partial charge in [0.25, 0.3) is 0 Å². The number of hydrogen-bond donors (Lipinski definition) is 1. The van der Waals surface area contributed by atoms with Crippen LogP contribution in [0.1, 0.15) is 78.7 Å². The Morgan fingerprint density at radius 1 is 1.00 bits per heavy atom. The van der Waals surface area contributed by atoms with Gasteiger partial charge in [0.05, 0.1) is 0 Å². The fourth-order valence-corrected chi connectivity index (χ4v) is 3.01. The molecular formula is C27H41F2N. The van der Waals surface area contributed by atoms with Crippen LogP contribution in [0.15, 0.2) is 71.6 Å². The lowest BCUT2D eigenvalue weighted by molar-refractivity contribution is 0.580. The van der Waals surface area contributed by atoms with Crippen LogP contribution in [-0.2, 0) is 0 Å². The summed E-state index contributed by atoms with van der Waals surface area (Å²) < 4.78 is 13.4. The number of allylic oxidation sites excluding steroid dienone is 8. The average molecular weight is 418 g/mol. The second kappa shape index (κ2) is 14.8. The smallest absolute Gasteiger partial charge is 0.119 e. The summed E-state index contributed by atoms with van der Waals surface area (Å²) in [6.07, 6.45) is 14.5. The lowest BCUT2D eigenvalue weighted by Gasteiger charge is -2.22. The molecule has 0 amide bonds. The summed E-state index contributed by atoms with van der Waals surface area (Å²) in [6, 6.07) is 8.12. The monoisotopic (exact) mass is 417 g/mol. The molecule has 2 N–H and O–H groups in total. The van der Waals surface area contributed by atoms with E-state index in [0.29, 0.717) is 24.2 Å². The summed E-state index contributed by atoms with van der Waals surface area (Å²) in [5.74, 6) is 1.02. The Morgan fingerprint density at radius 2 is 1.57 bits per heavy atom. The summed E-state index contributed by atoms with van der Waals surface area (Å²) in [4.78, 5) is 0. The summed E-state index contributed by atoms with van der Waals surface area (Å²) in [5, 5.41) is 0. The number of halogens is 2. The molecule has 0 spiro atoms. The molecule has 3 heteroatoms. The van der Waals surface area contributed by atoms with E-state index in [-0.39, 0.29) is 10.5 Å². The highest BCUT2D eigenvalue weighted by Gasteiger charge is 2.16. The Hall–Kier alpha value is -2.16. The minimum atomic E-state index is -0.160. The van der Waals surface area contributed by atoms with E-state index >= 15 is 0 Å². The highest BCUT2D eigenvalue weighted by atomic mass is 19.1. The molecule has 0 saturated heterocycles. The number of rotatable bonds is 5. The standard InChI is InChI=1S/C22H28FN.C3H6.C2H6.FH/c1-15(2)22(19-6-5-7-20(23)11-8-19)14-16(3)17(4)18-9-12-21(24)13-10-18;1-2-3-1;1-2;/h5-7,9-17H,8,24H2,1-4H3;1-3H2;1-2H3;1H/b22-14-;;;/t16?,17-;;;/m0.../s1. The lowest BCUT2D eigenvalue weighted by atomic mass is 9.83. The van der Waals surface area contributed by atoms with E-state index in [4.69, 9.17) is 5.73 Å². The zero-order chi connectivity index (χ0) is 21.8. The van der Waals surface area contributed by atoms with Gasteiger partial charge >= 0.3 is 0 Å². The van der Waals surface area contributed by atoms with Crippen molar-refractivity contribution in [2.24, 2.45) is 11.8 Å². The number of nitrogens with two attached hydrogens (primary N) is 1. The lowest BCUT2D eigenvalue weighted by Crippen LogP contribution is -2.08. The van der Waals surface area contributed by atoms with E-state index in [2.05, 4.69) is 45.9 Å². The van der Waals surface area contributed by atoms with Crippen molar-refractivity contribution < 1.29 is 9.09 Å². The average Bonchev–Trinajstić information content (AvgIpc) is 3.59. The molecule has 30 heavy (non-hydrogen) atoms. The second-order valence-electron chi connectivity index (χ2n) is 8.00. The van der Waals surface area contributed by atoms with Crippen LogP contribution in [0.25, 0.3) is 0 Å². The highest BCUT2D eigenvalue weighted by molar-refractivity contribution is 5.42. The van der Waals surface area contributed by atoms with Crippen molar-refractivity contribution >= 4 is 5.69 Å². The van der Waals surface area contributed by atoms with E-state index in [1.807, 2.05) is 32.1 Å². The van der Waals surface area contributed by atoms with E-state index in [9.17, 15) is 4.39 Å². The van der Waals surface area contributed by atoms with Crippen molar-refractivity contribution in [3.05, 3.63) is 77.2 Å². The molecule has 1 aromatic carbocycles. The third-order valence-corrected chi connectivity index (χ3v) is 5.11. The van der Waals surface area contributed by atoms with E-state index in [1.165, 1.54) is 42.0 Å². The fourth-order valence-electron chi connectivity index (χ4n) is 3.01. The van der Waals surface area contributed by atoms with Gasteiger partial charge in [-0.25, -0.2) is 4.39 Å². The van der Waals surface area contributed by atoms with Crippen LogP contribution < -0.4 is 5.73 Å². The predicted octanol–water partition coefficient (Wildman–Crippen LogP) is 8.68. The van der Waals surface area contributed by atoms with Crippen molar-refractivity contribution in [2.45, 2.75) is 73.1 Å². The largest absolute Gasteiger partial charge is 0.399 e. The van der Waals surface area contributed by atoms with Gasteiger partial charge in [0, 0.05) is 5.69 Å². The molecule has 0 aromatic heterocycles. The molecule has 1 fully saturated rings. The Bertz CT molecular complexity index is 716. The first-order valence-electron chi connectivity index (χ1n) is 11.2. The van der Waals surface area contributed by atoms with Crippen LogP contribution in [-0.4, -0.2) is 0 Å². The highest BCUT2D eigenvalue weighted by Crippen LogP contribution is 2.32. The van der Waals surface area contributed by atoms with Crippen molar-refractivity contribution in [3.63, 3.8) is 0 Å². The molecule has 1 saturated carbocycles. The van der Waals surface area contributed by atoms with Gasteiger partial charge in [-0.1, -0.05) is 91.2 Å². The molecule has 2 aliphatic rings. The molecule has 2 atom stereocenters. The first kappa shape index (κ1) is 27.8. The maximum atomic E-state index is 13.4. The minimum Gasteiger partial charge on any atom is -0.399 e. The molecule has 2 aliphatic carbocycles. The Kier molecular flexibility index (Phi) is 13.7. The summed E-state index contributed by atoms with van der Waals surface area (Å²) in [5.41, 5.74) is 10.4. The summed E-state index contributed by atoms with van der Waals surface area (Å²) in [7, 11) is 0. The first-order valence-corrected chi connectivity index (χ1v) is 11.2. The maximum absolute atomic E-state index is 13.4. The molecule has 0 aliphatic heterocycles. The van der Waals surface area contributed by atoms with Gasteiger partial charge in [0.15, 0.2) is 0 Å². The molecule has 168 valence electrons. The Balaban J connectivity index is 0.00000125. The van der Waals surface area contributed by atoms with E-state index in [1.54, 1.807) is 12.2 Å². The molecule has 3 rings (SSSR count). The number of nitrogen functional groups attached to an aromatic ring is 1. The number of benzene rings is 1. The van der Waals surface area contributed by atoms with E-state index < -0.39 is 0 Å². The summed E-state index contributed by atoms with van der Waals surface area (Å²) >= 11 is 0. The molecule has 1 aromatic rings. The van der Waals surface area contributed by atoms with Crippen LogP contribution >= 0.6 is 0 Å². The van der Waals surface area contributed by atoms with Crippen molar-refractivity contribution in [1.82, 2.24) is 0 Å². The van der Waals surface area contributed by atoms with Gasteiger partial charge in [0.2, 0.25) is 0 Å². The molecule has 0 bridgehead atoms. The SMILES string of the molecule is C1CC1.CC.CC(C)/C(=C/C(C)[C@H](C)c1ccc(N)cc1)C1=CC=CC(F)=CC1.F. The molecule has 0 heterocycles. The van der Waals surface area contributed by atoms with Crippen LogP contribution in [0.5, 0.6) is 0 Å². The third-order valence-electron chi connectivity index (χ3n) is 5.11. The van der Waals surface area contributed by atoms with Gasteiger partial charge in [-0.15, -0.1) is 0 Å². The first-order chi connectivity index (χ1) is 13.9. The third kappa shape index (κ3) is 10.0. The van der Waals surface area contributed by atoms with Crippen LogP contribution in [0, 0.1) is 11.8 Å². The van der Waals surface area contributed by atoms with Gasteiger partial charge in [0.1, 0.15) is 5.83 Å². The van der Waals surface area contributed by atoms with Gasteiger partial charge < -0.3 is 5.73 Å². The second-order valence-corrected chi connectivity index (χ2v) is 8.00. The molecule has 0 radical (unpaired) electrons. The minimum absolute atomic E-state index is 0. The zero-order valence-electron chi connectivity index (χ0n) is 19.6. The quantitative estimate of drug-likeness (QED) is 0.476. The molecule has 1 nitrogen and oxygen atoms in total. The predicted molar refractivity (Wildman–Crippen MR) is 130 cm³/mol. The van der Waals surface area contributed by atoms with Crippen molar-refractivity contribution in [2.75, 3.05) is 5.73 Å². The molecular weight excluding hydrogens is 376 g/mol. The molecule has 1 unspecified atom stereocenters. The van der Waals surface area contributed by atoms with E-state index in [0.717, 1.165) is 5.69 Å². The topological polar surface area (TPSA) is 26.0 Å². The van der Waals surface area contributed by atoms with Crippen LogP contribution in [0.3, 0.4) is 0 Å². The Labute approximate surface area is 183 Å². The summed E-state index contributed by atoms with van der Waals surface area (Å²) in [6.45, 7) is 12.9. The number of hydrogen-bond acceptors (Lipinski definition) is 1. The fraction of sp³-hybridized carbons (Fsp3) is 0.481.